The Balaban J connectivity index is 2.38. The summed E-state index contributed by atoms with van der Waals surface area (Å²) in [6.45, 7) is 4.81. The number of hydrogen-bond donors (Lipinski definition) is 1. The number of hydrogen-bond acceptors (Lipinski definition) is 2. The SMILES string of the molecule is Cc1ccc(N(C)c2ccc(CN)c(Br)c2)c(C)c1. The normalized spacial score (nSPS) is 10.6. The standard InChI is InChI=1S/C16H19BrN2/c1-11-4-7-16(12(2)8-11)19(3)14-6-5-13(10-18)15(17)9-14/h4-9H,10,18H2,1-3H3. The molecule has 0 aromatic heterocycles. The van der Waals surface area contributed by atoms with Gasteiger partial charge in [-0.05, 0) is 43.2 Å². The maximum Gasteiger partial charge on any atom is 0.0437 e. The van der Waals surface area contributed by atoms with Gasteiger partial charge < -0.3 is 10.6 Å². The van der Waals surface area contributed by atoms with Gasteiger partial charge in [-0.25, -0.2) is 0 Å². The summed E-state index contributed by atoms with van der Waals surface area (Å²) in [5, 5.41) is 0. The van der Waals surface area contributed by atoms with E-state index in [-0.39, 0.29) is 0 Å². The number of rotatable bonds is 3. The van der Waals surface area contributed by atoms with Gasteiger partial charge in [-0.2, -0.15) is 0 Å². The van der Waals surface area contributed by atoms with Crippen molar-refractivity contribution in [2.75, 3.05) is 11.9 Å². The van der Waals surface area contributed by atoms with Crippen molar-refractivity contribution in [3.8, 4) is 0 Å². The topological polar surface area (TPSA) is 29.3 Å². The molecule has 0 atom stereocenters. The van der Waals surface area contributed by atoms with Gasteiger partial charge in [0.1, 0.15) is 0 Å². The van der Waals surface area contributed by atoms with Crippen molar-refractivity contribution < 1.29 is 0 Å². The summed E-state index contributed by atoms with van der Waals surface area (Å²) < 4.78 is 1.06. The number of halogens is 1. The summed E-state index contributed by atoms with van der Waals surface area (Å²) in [4.78, 5) is 2.19. The van der Waals surface area contributed by atoms with Crippen LogP contribution >= 0.6 is 15.9 Å². The monoisotopic (exact) mass is 318 g/mol. The second kappa shape index (κ2) is 5.76. The fourth-order valence-electron chi connectivity index (χ4n) is 2.23. The highest BCUT2D eigenvalue weighted by Crippen LogP contribution is 2.30. The molecule has 0 radical (unpaired) electrons. The third-order valence-electron chi connectivity index (χ3n) is 3.36. The van der Waals surface area contributed by atoms with Crippen LogP contribution in [0.4, 0.5) is 11.4 Å². The Morgan fingerprint density at radius 3 is 2.42 bits per heavy atom. The van der Waals surface area contributed by atoms with Gasteiger partial charge in [-0.1, -0.05) is 39.7 Å². The van der Waals surface area contributed by atoms with Crippen molar-refractivity contribution >= 4 is 27.3 Å². The third kappa shape index (κ3) is 2.99. The minimum Gasteiger partial charge on any atom is -0.344 e. The van der Waals surface area contributed by atoms with E-state index in [1.54, 1.807) is 0 Å². The largest absolute Gasteiger partial charge is 0.344 e. The smallest absolute Gasteiger partial charge is 0.0437 e. The Morgan fingerprint density at radius 2 is 1.84 bits per heavy atom. The molecule has 0 saturated heterocycles. The van der Waals surface area contributed by atoms with Gasteiger partial charge in [0.2, 0.25) is 0 Å². The lowest BCUT2D eigenvalue weighted by atomic mass is 10.1. The molecule has 0 unspecified atom stereocenters. The van der Waals surface area contributed by atoms with Crippen molar-refractivity contribution in [2.24, 2.45) is 5.73 Å². The van der Waals surface area contributed by atoms with Gasteiger partial charge in [0.25, 0.3) is 0 Å². The molecule has 0 amide bonds. The van der Waals surface area contributed by atoms with Crippen LogP contribution in [0.2, 0.25) is 0 Å². The van der Waals surface area contributed by atoms with E-state index in [0.717, 1.165) is 15.7 Å². The Bertz CT molecular complexity index is 593. The van der Waals surface area contributed by atoms with Crippen LogP contribution in [0.25, 0.3) is 0 Å². The van der Waals surface area contributed by atoms with Crippen LogP contribution in [0.1, 0.15) is 16.7 Å². The average molecular weight is 319 g/mol. The molecule has 2 aromatic carbocycles. The first-order valence-electron chi connectivity index (χ1n) is 6.32. The van der Waals surface area contributed by atoms with E-state index in [1.165, 1.54) is 16.8 Å². The minimum absolute atomic E-state index is 0.550. The first kappa shape index (κ1) is 14.1. The van der Waals surface area contributed by atoms with Crippen molar-refractivity contribution in [2.45, 2.75) is 20.4 Å². The van der Waals surface area contributed by atoms with E-state index >= 15 is 0 Å². The molecule has 0 fully saturated rings. The van der Waals surface area contributed by atoms with Crippen LogP contribution in [-0.2, 0) is 6.54 Å². The van der Waals surface area contributed by atoms with E-state index in [2.05, 4.69) is 78.1 Å². The maximum absolute atomic E-state index is 5.69. The molecule has 0 aliphatic heterocycles. The fourth-order valence-corrected chi connectivity index (χ4v) is 2.76. The zero-order valence-electron chi connectivity index (χ0n) is 11.6. The molecule has 0 bridgehead atoms. The first-order valence-corrected chi connectivity index (χ1v) is 7.11. The summed E-state index contributed by atoms with van der Waals surface area (Å²) in [6.07, 6.45) is 0. The second-order valence-electron chi connectivity index (χ2n) is 4.83. The summed E-state index contributed by atoms with van der Waals surface area (Å²) >= 11 is 3.57. The molecule has 19 heavy (non-hydrogen) atoms. The molecule has 2 nitrogen and oxygen atoms in total. The molecule has 0 spiro atoms. The molecule has 3 heteroatoms. The molecule has 2 N–H and O–H groups in total. The molecule has 0 heterocycles. The predicted molar refractivity (Wildman–Crippen MR) is 86.0 cm³/mol. The summed E-state index contributed by atoms with van der Waals surface area (Å²) in [5.41, 5.74) is 11.7. The molecule has 100 valence electrons. The van der Waals surface area contributed by atoms with Crippen LogP contribution < -0.4 is 10.6 Å². The lowest BCUT2D eigenvalue weighted by Crippen LogP contribution is -2.11. The molecular formula is C16H19BrN2. The molecular weight excluding hydrogens is 300 g/mol. The van der Waals surface area contributed by atoms with Gasteiger partial charge in [0, 0.05) is 29.4 Å². The van der Waals surface area contributed by atoms with Crippen LogP contribution in [-0.4, -0.2) is 7.05 Å². The van der Waals surface area contributed by atoms with Crippen molar-refractivity contribution in [3.63, 3.8) is 0 Å². The fraction of sp³-hybridized carbons (Fsp3) is 0.250. The van der Waals surface area contributed by atoms with Gasteiger partial charge in [-0.3, -0.25) is 0 Å². The van der Waals surface area contributed by atoms with Gasteiger partial charge in [0.05, 0.1) is 0 Å². The second-order valence-corrected chi connectivity index (χ2v) is 5.68. The Labute approximate surface area is 123 Å². The molecule has 0 saturated carbocycles. The molecule has 0 aliphatic carbocycles. The van der Waals surface area contributed by atoms with Crippen LogP contribution in [0, 0.1) is 13.8 Å². The quantitative estimate of drug-likeness (QED) is 0.914. The third-order valence-corrected chi connectivity index (χ3v) is 4.10. The van der Waals surface area contributed by atoms with Gasteiger partial charge in [-0.15, -0.1) is 0 Å². The number of nitrogens with zero attached hydrogens (tertiary/aromatic N) is 1. The first-order chi connectivity index (χ1) is 9.02. The Kier molecular flexibility index (Phi) is 4.27. The number of nitrogens with two attached hydrogens (primary N) is 1. The maximum atomic E-state index is 5.69. The minimum atomic E-state index is 0.550. The number of anilines is 2. The zero-order chi connectivity index (χ0) is 14.0. The van der Waals surface area contributed by atoms with E-state index in [4.69, 9.17) is 5.73 Å². The van der Waals surface area contributed by atoms with Crippen molar-refractivity contribution in [1.82, 2.24) is 0 Å². The van der Waals surface area contributed by atoms with Crippen molar-refractivity contribution in [1.29, 1.82) is 0 Å². The Morgan fingerprint density at radius 1 is 1.11 bits per heavy atom. The van der Waals surface area contributed by atoms with Gasteiger partial charge in [0.15, 0.2) is 0 Å². The lowest BCUT2D eigenvalue weighted by Gasteiger charge is -2.22. The number of benzene rings is 2. The van der Waals surface area contributed by atoms with Crippen molar-refractivity contribution in [3.05, 3.63) is 57.6 Å². The Hall–Kier alpha value is -1.32. The lowest BCUT2D eigenvalue weighted by molar-refractivity contribution is 1.06. The molecule has 2 aromatic rings. The van der Waals surface area contributed by atoms with E-state index in [0.29, 0.717) is 6.54 Å². The highest BCUT2D eigenvalue weighted by Gasteiger charge is 2.08. The van der Waals surface area contributed by atoms with Crippen LogP contribution in [0.3, 0.4) is 0 Å². The summed E-state index contributed by atoms with van der Waals surface area (Å²) in [5.74, 6) is 0. The average Bonchev–Trinajstić information content (AvgIpc) is 2.38. The van der Waals surface area contributed by atoms with E-state index in [9.17, 15) is 0 Å². The van der Waals surface area contributed by atoms with E-state index < -0.39 is 0 Å². The van der Waals surface area contributed by atoms with Gasteiger partial charge >= 0.3 is 0 Å². The highest BCUT2D eigenvalue weighted by molar-refractivity contribution is 9.10. The summed E-state index contributed by atoms with van der Waals surface area (Å²) in [6, 6.07) is 12.8. The molecule has 0 aliphatic rings. The van der Waals surface area contributed by atoms with Crippen LogP contribution in [0.5, 0.6) is 0 Å². The summed E-state index contributed by atoms with van der Waals surface area (Å²) in [7, 11) is 2.08. The molecule has 2 rings (SSSR count). The number of aryl methyl sites for hydroxylation is 2. The highest BCUT2D eigenvalue weighted by atomic mass is 79.9. The predicted octanol–water partition coefficient (Wildman–Crippen LogP) is 4.29. The van der Waals surface area contributed by atoms with E-state index in [1.807, 2.05) is 0 Å². The zero-order valence-corrected chi connectivity index (χ0v) is 13.2. The van der Waals surface area contributed by atoms with Crippen LogP contribution in [0.15, 0.2) is 40.9 Å².